The van der Waals surface area contributed by atoms with Crippen molar-refractivity contribution in [3.05, 3.63) is 87.6 Å². The van der Waals surface area contributed by atoms with E-state index >= 15 is 0 Å². The highest BCUT2D eigenvalue weighted by Gasteiger charge is 2.38. The number of aliphatic hydroxyl groups is 1. The normalized spacial score (nSPS) is 20.2. The van der Waals surface area contributed by atoms with Gasteiger partial charge in [-0.15, -0.1) is 11.3 Å². The van der Waals surface area contributed by atoms with E-state index in [0.29, 0.717) is 10.7 Å². The first-order valence-electron chi connectivity index (χ1n) is 7.64. The number of hydrogen-bond donors (Lipinski definition) is 1. The maximum atomic E-state index is 11.0. The number of halogens is 1. The fourth-order valence-corrected chi connectivity index (χ4v) is 3.79. The number of para-hydroxylation sites is 1. The summed E-state index contributed by atoms with van der Waals surface area (Å²) in [5.41, 5.74) is 2.63. The Kier molecular flexibility index (Phi) is 4.10. The lowest BCUT2D eigenvalue weighted by atomic mass is 9.98. The van der Waals surface area contributed by atoms with E-state index in [1.165, 1.54) is 0 Å². The van der Waals surface area contributed by atoms with Gasteiger partial charge in [-0.05, 0) is 41.3 Å². The van der Waals surface area contributed by atoms with Crippen LogP contribution in [0.4, 0.5) is 5.69 Å². The van der Waals surface area contributed by atoms with Gasteiger partial charge in [0.1, 0.15) is 17.9 Å². The number of benzene rings is 2. The average Bonchev–Trinajstić information content (AvgIpc) is 3.24. The Morgan fingerprint density at radius 1 is 0.958 bits per heavy atom. The molecular formula is C19H15ClN2OS. The number of hydrazone groups is 1. The summed E-state index contributed by atoms with van der Waals surface area (Å²) in [6.45, 7) is 0. The van der Waals surface area contributed by atoms with Crippen molar-refractivity contribution in [2.24, 2.45) is 5.10 Å². The topological polar surface area (TPSA) is 35.8 Å². The van der Waals surface area contributed by atoms with Crippen LogP contribution in [0.5, 0.6) is 0 Å². The molecule has 4 rings (SSSR count). The predicted octanol–water partition coefficient (Wildman–Crippen LogP) is 4.73. The van der Waals surface area contributed by atoms with Gasteiger partial charge in [0.05, 0.1) is 10.6 Å². The molecule has 0 saturated heterocycles. The van der Waals surface area contributed by atoms with Crippen LogP contribution < -0.4 is 5.01 Å². The molecule has 0 aliphatic carbocycles. The van der Waals surface area contributed by atoms with Crippen molar-refractivity contribution in [3.8, 4) is 0 Å². The van der Waals surface area contributed by atoms with Crippen LogP contribution in [0.25, 0.3) is 0 Å². The van der Waals surface area contributed by atoms with E-state index in [9.17, 15) is 5.11 Å². The van der Waals surface area contributed by atoms with E-state index in [1.54, 1.807) is 11.3 Å². The summed E-state index contributed by atoms with van der Waals surface area (Å²) in [7, 11) is 0. The fourth-order valence-electron chi connectivity index (χ4n) is 2.92. The average molecular weight is 355 g/mol. The smallest absolute Gasteiger partial charge is 0.126 e. The van der Waals surface area contributed by atoms with Crippen molar-refractivity contribution >= 4 is 34.3 Å². The first-order chi connectivity index (χ1) is 11.7. The summed E-state index contributed by atoms with van der Waals surface area (Å²) < 4.78 is 0. The molecule has 120 valence electrons. The van der Waals surface area contributed by atoms with E-state index in [0.717, 1.165) is 16.1 Å². The zero-order valence-corrected chi connectivity index (χ0v) is 14.3. The second-order valence-corrected chi connectivity index (χ2v) is 6.97. The van der Waals surface area contributed by atoms with Crippen molar-refractivity contribution in [2.75, 3.05) is 5.01 Å². The number of rotatable bonds is 3. The molecule has 1 aromatic heterocycles. The van der Waals surface area contributed by atoms with Crippen molar-refractivity contribution in [1.82, 2.24) is 0 Å². The Hall–Kier alpha value is -2.14. The van der Waals surface area contributed by atoms with Crippen LogP contribution in [0.15, 0.2) is 77.2 Å². The van der Waals surface area contributed by atoms with Crippen molar-refractivity contribution < 1.29 is 5.11 Å². The van der Waals surface area contributed by atoms with E-state index in [2.05, 4.69) is 0 Å². The predicted molar refractivity (Wildman–Crippen MR) is 100.0 cm³/mol. The molecule has 2 unspecified atom stereocenters. The number of thiophene rings is 1. The van der Waals surface area contributed by atoms with Crippen LogP contribution in [-0.2, 0) is 0 Å². The van der Waals surface area contributed by atoms with Gasteiger partial charge < -0.3 is 5.11 Å². The molecule has 1 aliphatic heterocycles. The molecule has 0 fully saturated rings. The molecule has 2 aromatic carbocycles. The van der Waals surface area contributed by atoms with Gasteiger partial charge in [-0.2, -0.15) is 5.10 Å². The number of anilines is 1. The Balaban J connectivity index is 1.80. The molecule has 0 saturated carbocycles. The second-order valence-electron chi connectivity index (χ2n) is 5.58. The summed E-state index contributed by atoms with van der Waals surface area (Å²) in [4.78, 5) is 0.986. The van der Waals surface area contributed by atoms with Crippen LogP contribution in [0, 0.1) is 0 Å². The summed E-state index contributed by atoms with van der Waals surface area (Å²) >= 11 is 7.60. The monoisotopic (exact) mass is 354 g/mol. The first kappa shape index (κ1) is 15.4. The minimum Gasteiger partial charge on any atom is -0.384 e. The molecule has 1 N–H and O–H groups in total. The van der Waals surface area contributed by atoms with Gasteiger partial charge in [0, 0.05) is 5.02 Å². The van der Waals surface area contributed by atoms with Gasteiger partial charge in [0.15, 0.2) is 0 Å². The largest absolute Gasteiger partial charge is 0.384 e. The Bertz CT molecular complexity index is 847. The summed E-state index contributed by atoms with van der Waals surface area (Å²) in [6.07, 6.45) is -0.704. The number of aliphatic hydroxyl groups excluding tert-OH is 1. The maximum absolute atomic E-state index is 11.0. The van der Waals surface area contributed by atoms with Gasteiger partial charge in [-0.25, -0.2) is 0 Å². The van der Waals surface area contributed by atoms with E-state index in [-0.39, 0.29) is 6.04 Å². The zero-order chi connectivity index (χ0) is 16.5. The molecular weight excluding hydrogens is 340 g/mol. The van der Waals surface area contributed by atoms with Gasteiger partial charge >= 0.3 is 0 Å². The van der Waals surface area contributed by atoms with Crippen LogP contribution >= 0.6 is 22.9 Å². The van der Waals surface area contributed by atoms with E-state index < -0.39 is 6.10 Å². The number of hydrogen-bond acceptors (Lipinski definition) is 4. The van der Waals surface area contributed by atoms with Crippen LogP contribution in [0.2, 0.25) is 5.02 Å². The third kappa shape index (κ3) is 2.73. The summed E-state index contributed by atoms with van der Waals surface area (Å²) in [6, 6.07) is 21.2. The van der Waals surface area contributed by atoms with E-state index in [1.807, 2.05) is 77.1 Å². The minimum absolute atomic E-state index is 0.276. The van der Waals surface area contributed by atoms with Crippen LogP contribution in [0.3, 0.4) is 0 Å². The summed E-state index contributed by atoms with van der Waals surface area (Å²) in [5.74, 6) is 0. The highest BCUT2D eigenvalue weighted by molar-refractivity contribution is 7.12. The lowest BCUT2D eigenvalue weighted by molar-refractivity contribution is 0.217. The van der Waals surface area contributed by atoms with E-state index in [4.69, 9.17) is 16.7 Å². The quantitative estimate of drug-likeness (QED) is 0.738. The Labute approximate surface area is 149 Å². The van der Waals surface area contributed by atoms with Crippen molar-refractivity contribution in [2.45, 2.75) is 12.1 Å². The Morgan fingerprint density at radius 3 is 2.38 bits per heavy atom. The van der Waals surface area contributed by atoms with Gasteiger partial charge in [-0.3, -0.25) is 5.01 Å². The fraction of sp³-hybridized carbons (Fsp3) is 0.105. The maximum Gasteiger partial charge on any atom is 0.126 e. The molecule has 0 radical (unpaired) electrons. The highest BCUT2D eigenvalue weighted by atomic mass is 35.5. The number of nitrogens with zero attached hydrogens (tertiary/aromatic N) is 2. The SMILES string of the molecule is OC1C(c2cccs2)=NN(c2ccccc2)C1c1ccc(Cl)cc1. The standard InChI is InChI=1S/C19H15ClN2OS/c20-14-10-8-13(9-11-14)18-19(23)17(16-7-4-12-24-16)21-22(18)15-5-2-1-3-6-15/h1-12,18-19,23H. The molecule has 5 heteroatoms. The van der Waals surface area contributed by atoms with Gasteiger partial charge in [-0.1, -0.05) is 48.0 Å². The molecule has 3 nitrogen and oxygen atoms in total. The Morgan fingerprint density at radius 2 is 1.71 bits per heavy atom. The third-order valence-electron chi connectivity index (χ3n) is 4.06. The molecule has 2 heterocycles. The van der Waals surface area contributed by atoms with Crippen LogP contribution in [0.1, 0.15) is 16.5 Å². The second kappa shape index (κ2) is 6.40. The third-order valence-corrected chi connectivity index (χ3v) is 5.21. The molecule has 3 aromatic rings. The molecule has 24 heavy (non-hydrogen) atoms. The molecule has 2 atom stereocenters. The van der Waals surface area contributed by atoms with Crippen LogP contribution in [-0.4, -0.2) is 16.9 Å². The lowest BCUT2D eigenvalue weighted by Gasteiger charge is -2.26. The minimum atomic E-state index is -0.704. The lowest BCUT2D eigenvalue weighted by Crippen LogP contribution is -2.29. The zero-order valence-electron chi connectivity index (χ0n) is 12.7. The van der Waals surface area contributed by atoms with Crippen molar-refractivity contribution in [1.29, 1.82) is 0 Å². The highest BCUT2D eigenvalue weighted by Crippen LogP contribution is 2.37. The first-order valence-corrected chi connectivity index (χ1v) is 8.90. The molecule has 0 spiro atoms. The van der Waals surface area contributed by atoms with Gasteiger partial charge in [0.25, 0.3) is 0 Å². The summed E-state index contributed by atoms with van der Waals surface area (Å²) in [5, 5.41) is 20.3. The van der Waals surface area contributed by atoms with Crippen molar-refractivity contribution in [3.63, 3.8) is 0 Å². The molecule has 0 amide bonds. The molecule has 0 bridgehead atoms. The molecule has 1 aliphatic rings. The van der Waals surface area contributed by atoms with Gasteiger partial charge in [0.2, 0.25) is 0 Å².